The van der Waals surface area contributed by atoms with Crippen molar-refractivity contribution in [2.75, 3.05) is 13.1 Å². The molecule has 0 aromatic heterocycles. The average Bonchev–Trinajstić information content (AvgIpc) is 2.86. The Kier molecular flexibility index (Phi) is 2.93. The Labute approximate surface area is 73.2 Å². The van der Waals surface area contributed by atoms with Gasteiger partial charge in [-0.1, -0.05) is 12.5 Å². The van der Waals surface area contributed by atoms with Gasteiger partial charge in [-0.15, -0.1) is 6.42 Å². The second kappa shape index (κ2) is 3.96. The average molecular weight is 163 g/mol. The van der Waals surface area contributed by atoms with Crippen LogP contribution in [-0.4, -0.2) is 23.9 Å². The zero-order valence-corrected chi connectivity index (χ0v) is 7.12. The highest BCUT2D eigenvalue weighted by Gasteiger charge is 2.25. The van der Waals surface area contributed by atoms with Gasteiger partial charge in [0.15, 0.2) is 0 Å². The molecule has 1 rings (SSSR count). The lowest BCUT2D eigenvalue weighted by Crippen LogP contribution is -2.31. The van der Waals surface area contributed by atoms with Crippen LogP contribution in [0.25, 0.3) is 0 Å². The molecule has 1 fully saturated rings. The summed E-state index contributed by atoms with van der Waals surface area (Å²) in [6.07, 6.45) is 8.91. The summed E-state index contributed by atoms with van der Waals surface area (Å²) in [5.41, 5.74) is 0. The Morgan fingerprint density at radius 3 is 2.83 bits per heavy atom. The first-order valence-electron chi connectivity index (χ1n) is 4.12. The maximum absolute atomic E-state index is 11.2. The minimum atomic E-state index is -0.0557. The summed E-state index contributed by atoms with van der Waals surface area (Å²) in [5, 5.41) is 0. The second-order valence-electron chi connectivity index (χ2n) is 3.07. The number of hydrogen-bond donors (Lipinski definition) is 0. The summed E-state index contributed by atoms with van der Waals surface area (Å²) in [5.74, 6) is 3.10. The van der Waals surface area contributed by atoms with E-state index in [9.17, 15) is 4.79 Å². The fourth-order valence-corrected chi connectivity index (χ4v) is 1.08. The quantitative estimate of drug-likeness (QED) is 0.448. The zero-order chi connectivity index (χ0) is 8.97. The molecule has 0 radical (unpaired) electrons. The van der Waals surface area contributed by atoms with Crippen LogP contribution in [0, 0.1) is 18.3 Å². The fraction of sp³-hybridized carbons (Fsp3) is 0.500. The first-order chi connectivity index (χ1) is 5.77. The summed E-state index contributed by atoms with van der Waals surface area (Å²) >= 11 is 0. The van der Waals surface area contributed by atoms with Gasteiger partial charge >= 0.3 is 0 Å². The largest absolute Gasteiger partial charge is 0.328 e. The monoisotopic (exact) mass is 163 g/mol. The Hall–Kier alpha value is -1.23. The molecular formula is C10H13NO. The van der Waals surface area contributed by atoms with Crippen LogP contribution < -0.4 is 0 Å². The highest BCUT2D eigenvalue weighted by Crippen LogP contribution is 2.29. The molecule has 2 nitrogen and oxygen atoms in total. The lowest BCUT2D eigenvalue weighted by molar-refractivity contribution is -0.125. The molecule has 0 unspecified atom stereocenters. The molecule has 1 aliphatic carbocycles. The van der Waals surface area contributed by atoms with Gasteiger partial charge < -0.3 is 4.90 Å². The molecule has 0 aromatic rings. The van der Waals surface area contributed by atoms with Crippen LogP contribution in [-0.2, 0) is 4.79 Å². The van der Waals surface area contributed by atoms with Crippen molar-refractivity contribution in [1.82, 2.24) is 4.90 Å². The summed E-state index contributed by atoms with van der Waals surface area (Å²) in [7, 11) is 0. The van der Waals surface area contributed by atoms with Crippen molar-refractivity contribution in [1.29, 1.82) is 0 Å². The molecule has 0 spiro atoms. The van der Waals surface area contributed by atoms with Gasteiger partial charge in [0.05, 0.1) is 6.54 Å². The van der Waals surface area contributed by atoms with E-state index in [1.807, 2.05) is 0 Å². The van der Waals surface area contributed by atoms with Crippen molar-refractivity contribution in [3.8, 4) is 12.3 Å². The molecule has 1 amide bonds. The molecule has 0 heterocycles. The van der Waals surface area contributed by atoms with E-state index in [4.69, 9.17) is 6.42 Å². The Bertz CT molecular complexity index is 222. The van der Waals surface area contributed by atoms with Crippen molar-refractivity contribution in [2.45, 2.75) is 12.8 Å². The van der Waals surface area contributed by atoms with E-state index in [1.165, 1.54) is 18.9 Å². The van der Waals surface area contributed by atoms with E-state index in [1.54, 1.807) is 4.90 Å². The molecule has 0 aliphatic heterocycles. The van der Waals surface area contributed by atoms with E-state index in [2.05, 4.69) is 12.5 Å². The lowest BCUT2D eigenvalue weighted by atomic mass is 10.3. The standard InChI is InChI=1S/C10H13NO/c1-3-7-11(10(12)4-2)8-9-5-6-9/h1,4,9H,2,5-8H2. The number of amides is 1. The minimum absolute atomic E-state index is 0.0557. The third-order valence-electron chi connectivity index (χ3n) is 1.94. The number of terminal acetylenes is 1. The van der Waals surface area contributed by atoms with Crippen LogP contribution in [0.2, 0.25) is 0 Å². The van der Waals surface area contributed by atoms with Crippen molar-refractivity contribution in [2.24, 2.45) is 5.92 Å². The van der Waals surface area contributed by atoms with Gasteiger partial charge in [0, 0.05) is 6.54 Å². The second-order valence-corrected chi connectivity index (χ2v) is 3.07. The molecule has 1 aliphatic rings. The molecule has 0 aromatic carbocycles. The van der Waals surface area contributed by atoms with Gasteiger partial charge in [0.25, 0.3) is 0 Å². The van der Waals surface area contributed by atoms with Gasteiger partial charge in [0.2, 0.25) is 5.91 Å². The van der Waals surface area contributed by atoms with E-state index < -0.39 is 0 Å². The topological polar surface area (TPSA) is 20.3 Å². The molecule has 64 valence electrons. The van der Waals surface area contributed by atoms with Gasteiger partial charge in [-0.25, -0.2) is 0 Å². The van der Waals surface area contributed by atoms with Crippen LogP contribution in [0.5, 0.6) is 0 Å². The number of carbonyl (C=O) groups excluding carboxylic acids is 1. The van der Waals surface area contributed by atoms with E-state index in [0.29, 0.717) is 12.5 Å². The SMILES string of the molecule is C#CCN(CC1CC1)C(=O)C=C. The van der Waals surface area contributed by atoms with Crippen LogP contribution >= 0.6 is 0 Å². The predicted octanol–water partition coefficient (Wildman–Crippen LogP) is 1.04. The summed E-state index contributed by atoms with van der Waals surface area (Å²) < 4.78 is 0. The summed E-state index contributed by atoms with van der Waals surface area (Å²) in [6, 6.07) is 0. The fourth-order valence-electron chi connectivity index (χ4n) is 1.08. The Morgan fingerprint density at radius 2 is 2.42 bits per heavy atom. The Balaban J connectivity index is 2.41. The van der Waals surface area contributed by atoms with Crippen molar-refractivity contribution in [3.05, 3.63) is 12.7 Å². The van der Waals surface area contributed by atoms with Crippen LogP contribution in [0.1, 0.15) is 12.8 Å². The van der Waals surface area contributed by atoms with Gasteiger partial charge in [-0.2, -0.15) is 0 Å². The van der Waals surface area contributed by atoms with Crippen LogP contribution in [0.3, 0.4) is 0 Å². The highest BCUT2D eigenvalue weighted by atomic mass is 16.2. The predicted molar refractivity (Wildman–Crippen MR) is 48.3 cm³/mol. The molecule has 0 bridgehead atoms. The van der Waals surface area contributed by atoms with Crippen molar-refractivity contribution < 1.29 is 4.79 Å². The summed E-state index contributed by atoms with van der Waals surface area (Å²) in [4.78, 5) is 12.8. The lowest BCUT2D eigenvalue weighted by Gasteiger charge is -2.17. The van der Waals surface area contributed by atoms with Crippen LogP contribution in [0.4, 0.5) is 0 Å². The zero-order valence-electron chi connectivity index (χ0n) is 7.12. The maximum atomic E-state index is 11.2. The summed E-state index contributed by atoms with van der Waals surface area (Å²) in [6.45, 7) is 4.64. The third-order valence-corrected chi connectivity index (χ3v) is 1.94. The highest BCUT2D eigenvalue weighted by molar-refractivity contribution is 5.87. The number of rotatable bonds is 4. The molecular weight excluding hydrogens is 150 g/mol. The van der Waals surface area contributed by atoms with E-state index in [0.717, 1.165) is 6.54 Å². The number of carbonyl (C=O) groups is 1. The van der Waals surface area contributed by atoms with Crippen molar-refractivity contribution >= 4 is 5.91 Å². The van der Waals surface area contributed by atoms with Gasteiger partial charge in [-0.05, 0) is 24.8 Å². The number of nitrogens with zero attached hydrogens (tertiary/aromatic N) is 1. The van der Waals surface area contributed by atoms with E-state index in [-0.39, 0.29) is 5.91 Å². The van der Waals surface area contributed by atoms with Crippen molar-refractivity contribution in [3.63, 3.8) is 0 Å². The normalized spacial score (nSPS) is 14.9. The molecule has 0 saturated heterocycles. The molecule has 0 N–H and O–H groups in total. The number of hydrogen-bond acceptors (Lipinski definition) is 1. The van der Waals surface area contributed by atoms with Gasteiger partial charge in [0.1, 0.15) is 0 Å². The third kappa shape index (κ3) is 2.43. The van der Waals surface area contributed by atoms with Gasteiger partial charge in [-0.3, -0.25) is 4.79 Å². The molecule has 1 saturated carbocycles. The smallest absolute Gasteiger partial charge is 0.246 e. The molecule has 2 heteroatoms. The molecule has 12 heavy (non-hydrogen) atoms. The first kappa shape index (κ1) is 8.86. The minimum Gasteiger partial charge on any atom is -0.328 e. The Morgan fingerprint density at radius 1 is 1.75 bits per heavy atom. The first-order valence-corrected chi connectivity index (χ1v) is 4.12. The molecule has 0 atom stereocenters. The van der Waals surface area contributed by atoms with E-state index >= 15 is 0 Å². The van der Waals surface area contributed by atoms with Crippen LogP contribution in [0.15, 0.2) is 12.7 Å². The maximum Gasteiger partial charge on any atom is 0.246 e.